The van der Waals surface area contributed by atoms with Gasteiger partial charge in [-0.15, -0.1) is 10.2 Å². The predicted octanol–water partition coefficient (Wildman–Crippen LogP) is 1.42. The van der Waals surface area contributed by atoms with E-state index >= 15 is 0 Å². The summed E-state index contributed by atoms with van der Waals surface area (Å²) in [5.74, 6) is 0.728. The largest absolute Gasteiger partial charge is 0.358 e. The summed E-state index contributed by atoms with van der Waals surface area (Å²) >= 11 is 1.54. The average molecular weight is 233 g/mol. The summed E-state index contributed by atoms with van der Waals surface area (Å²) in [7, 11) is -0.712. The molecule has 14 heavy (non-hydrogen) atoms. The third-order valence-corrected chi connectivity index (χ3v) is 3.31. The molecule has 0 saturated heterocycles. The Kier molecular flexibility index (Phi) is 4.47. The lowest BCUT2D eigenvalue weighted by atomic mass is 10.3. The van der Waals surface area contributed by atoms with Crippen LogP contribution in [0.2, 0.25) is 0 Å². The number of rotatable bonds is 5. The lowest BCUT2D eigenvalue weighted by molar-refractivity contribution is 0.678. The van der Waals surface area contributed by atoms with Crippen LogP contribution in [0.15, 0.2) is 0 Å². The van der Waals surface area contributed by atoms with Crippen molar-refractivity contribution in [2.45, 2.75) is 26.3 Å². The Morgan fingerprint density at radius 2 is 2.29 bits per heavy atom. The minimum atomic E-state index is -0.712. The normalized spacial score (nSPS) is 15.1. The number of hydrogen-bond acceptors (Lipinski definition) is 5. The fraction of sp³-hybridized carbons (Fsp3) is 0.750. The van der Waals surface area contributed by atoms with Crippen molar-refractivity contribution in [1.82, 2.24) is 10.2 Å². The minimum absolute atomic E-state index is 0.297. The summed E-state index contributed by atoms with van der Waals surface area (Å²) in [5.41, 5.74) is 0. The maximum atomic E-state index is 10.9. The van der Waals surface area contributed by atoms with Gasteiger partial charge in [-0.3, -0.25) is 4.21 Å². The molecule has 0 amide bonds. The topological polar surface area (TPSA) is 54.9 Å². The zero-order chi connectivity index (χ0) is 10.6. The van der Waals surface area contributed by atoms with Crippen LogP contribution < -0.4 is 5.32 Å². The maximum absolute atomic E-state index is 10.9. The molecule has 1 aromatic rings. The number of nitrogens with one attached hydrogen (secondary N) is 1. The van der Waals surface area contributed by atoms with Gasteiger partial charge in [0.15, 0.2) is 0 Å². The molecule has 0 saturated carbocycles. The Labute approximate surface area is 90.6 Å². The molecule has 1 N–H and O–H groups in total. The van der Waals surface area contributed by atoms with Crippen LogP contribution in [0.5, 0.6) is 0 Å². The summed E-state index contributed by atoms with van der Waals surface area (Å²) in [6.45, 7) is 3.98. The van der Waals surface area contributed by atoms with E-state index in [0.29, 0.717) is 6.04 Å². The van der Waals surface area contributed by atoms with Crippen molar-refractivity contribution < 1.29 is 4.21 Å². The summed E-state index contributed by atoms with van der Waals surface area (Å²) < 4.78 is 10.9. The van der Waals surface area contributed by atoms with Gasteiger partial charge in [-0.1, -0.05) is 11.3 Å². The maximum Gasteiger partial charge on any atom is 0.205 e. The highest BCUT2D eigenvalue weighted by molar-refractivity contribution is 7.84. The summed E-state index contributed by atoms with van der Waals surface area (Å²) in [6, 6.07) is 0.297. The van der Waals surface area contributed by atoms with Gasteiger partial charge in [-0.05, 0) is 20.3 Å². The van der Waals surface area contributed by atoms with E-state index < -0.39 is 10.8 Å². The molecule has 0 aromatic carbocycles. The Morgan fingerprint density at radius 1 is 1.57 bits per heavy atom. The third-order valence-electron chi connectivity index (χ3n) is 1.73. The fourth-order valence-electron chi connectivity index (χ4n) is 0.981. The summed E-state index contributed by atoms with van der Waals surface area (Å²) in [6.07, 6.45) is 2.61. The van der Waals surface area contributed by atoms with Crippen LogP contribution in [0.3, 0.4) is 0 Å². The summed E-state index contributed by atoms with van der Waals surface area (Å²) in [4.78, 5) is 0. The molecular weight excluding hydrogens is 218 g/mol. The molecule has 2 atom stereocenters. The van der Waals surface area contributed by atoms with Gasteiger partial charge in [0.2, 0.25) is 5.13 Å². The molecule has 0 aliphatic carbocycles. The molecule has 0 aliphatic heterocycles. The van der Waals surface area contributed by atoms with Crippen molar-refractivity contribution in [2.75, 3.05) is 17.3 Å². The Balaban J connectivity index is 2.33. The van der Waals surface area contributed by atoms with Crippen LogP contribution in [0, 0.1) is 6.92 Å². The smallest absolute Gasteiger partial charge is 0.205 e. The lowest BCUT2D eigenvalue weighted by Crippen LogP contribution is -2.17. The summed E-state index contributed by atoms with van der Waals surface area (Å²) in [5, 5.41) is 12.9. The van der Waals surface area contributed by atoms with E-state index in [-0.39, 0.29) is 0 Å². The number of nitrogens with zero attached hydrogens (tertiary/aromatic N) is 2. The van der Waals surface area contributed by atoms with E-state index in [1.807, 2.05) is 6.92 Å². The van der Waals surface area contributed by atoms with Gasteiger partial charge in [0.05, 0.1) is 0 Å². The first-order chi connectivity index (χ1) is 6.58. The molecule has 80 valence electrons. The van der Waals surface area contributed by atoms with E-state index in [1.165, 1.54) is 0 Å². The molecule has 1 heterocycles. The second-order valence-electron chi connectivity index (χ2n) is 3.24. The van der Waals surface area contributed by atoms with Gasteiger partial charge in [0.1, 0.15) is 5.01 Å². The van der Waals surface area contributed by atoms with Crippen LogP contribution in [0.1, 0.15) is 18.4 Å². The van der Waals surface area contributed by atoms with Gasteiger partial charge in [-0.25, -0.2) is 0 Å². The number of hydrogen-bond donors (Lipinski definition) is 1. The fourth-order valence-corrected chi connectivity index (χ4v) is 2.37. The quantitative estimate of drug-likeness (QED) is 0.835. The standard InChI is InChI=1S/C8H15N3OS2/c1-6(4-5-14(3)12)9-8-11-10-7(2)13-8/h6H,4-5H2,1-3H3,(H,9,11). The van der Waals surface area contributed by atoms with E-state index in [9.17, 15) is 4.21 Å². The average Bonchev–Trinajstić information content (AvgIpc) is 2.48. The van der Waals surface area contributed by atoms with Crippen LogP contribution in [-0.2, 0) is 10.8 Å². The molecule has 2 unspecified atom stereocenters. The molecule has 1 aromatic heterocycles. The van der Waals surface area contributed by atoms with E-state index in [2.05, 4.69) is 22.4 Å². The second kappa shape index (κ2) is 5.41. The Bertz CT molecular complexity index is 313. The molecule has 1 rings (SSSR count). The third kappa shape index (κ3) is 4.15. The van der Waals surface area contributed by atoms with Crippen LogP contribution in [0.4, 0.5) is 5.13 Å². The van der Waals surface area contributed by atoms with Gasteiger partial charge in [0, 0.05) is 28.9 Å². The van der Waals surface area contributed by atoms with Gasteiger partial charge < -0.3 is 5.32 Å². The van der Waals surface area contributed by atoms with Crippen LogP contribution in [0.25, 0.3) is 0 Å². The molecule has 4 nitrogen and oxygen atoms in total. The van der Waals surface area contributed by atoms with Crippen molar-refractivity contribution in [3.05, 3.63) is 5.01 Å². The van der Waals surface area contributed by atoms with Gasteiger partial charge in [0.25, 0.3) is 0 Å². The monoisotopic (exact) mass is 233 g/mol. The van der Waals surface area contributed by atoms with E-state index in [1.54, 1.807) is 17.6 Å². The number of aryl methyl sites for hydroxylation is 1. The first-order valence-corrected chi connectivity index (χ1v) is 6.99. The zero-order valence-corrected chi connectivity index (χ0v) is 10.2. The molecule has 0 aliphatic rings. The SMILES string of the molecule is Cc1nnc(NC(C)CCS(C)=O)s1. The van der Waals surface area contributed by atoms with Crippen LogP contribution in [-0.4, -0.2) is 32.5 Å². The molecule has 0 spiro atoms. The highest BCUT2D eigenvalue weighted by atomic mass is 32.2. The van der Waals surface area contributed by atoms with Crippen molar-refractivity contribution in [2.24, 2.45) is 0 Å². The molecule has 0 fully saturated rings. The van der Waals surface area contributed by atoms with Crippen molar-refractivity contribution in [3.63, 3.8) is 0 Å². The number of aromatic nitrogens is 2. The van der Waals surface area contributed by atoms with Crippen molar-refractivity contribution in [1.29, 1.82) is 0 Å². The van der Waals surface area contributed by atoms with Gasteiger partial charge >= 0.3 is 0 Å². The molecule has 0 bridgehead atoms. The first kappa shape index (κ1) is 11.6. The molecule has 6 heteroatoms. The highest BCUT2D eigenvalue weighted by Gasteiger charge is 2.06. The Hall–Kier alpha value is -0.490. The Morgan fingerprint density at radius 3 is 2.79 bits per heavy atom. The molecule has 0 radical (unpaired) electrons. The zero-order valence-electron chi connectivity index (χ0n) is 8.61. The van der Waals surface area contributed by atoms with Crippen molar-refractivity contribution >= 4 is 27.3 Å². The second-order valence-corrected chi connectivity index (χ2v) is 5.97. The van der Waals surface area contributed by atoms with E-state index in [4.69, 9.17) is 0 Å². The van der Waals surface area contributed by atoms with E-state index in [0.717, 1.165) is 22.3 Å². The lowest BCUT2D eigenvalue weighted by Gasteiger charge is -2.10. The number of anilines is 1. The highest BCUT2D eigenvalue weighted by Crippen LogP contribution is 2.15. The van der Waals surface area contributed by atoms with Crippen molar-refractivity contribution in [3.8, 4) is 0 Å². The van der Waals surface area contributed by atoms with Gasteiger partial charge in [-0.2, -0.15) is 0 Å². The van der Waals surface area contributed by atoms with Crippen LogP contribution >= 0.6 is 11.3 Å². The molecular formula is C8H15N3OS2. The first-order valence-electron chi connectivity index (χ1n) is 4.44. The minimum Gasteiger partial charge on any atom is -0.358 e. The predicted molar refractivity (Wildman–Crippen MR) is 61.3 cm³/mol.